The Kier molecular flexibility index (Phi) is 4.69. The summed E-state index contributed by atoms with van der Waals surface area (Å²) in [7, 11) is 0. The first-order valence-corrected chi connectivity index (χ1v) is 7.59. The van der Waals surface area contributed by atoms with Gasteiger partial charge in [-0.2, -0.15) is 0 Å². The number of carbonyl (C=O) groups excluding carboxylic acids is 1. The first kappa shape index (κ1) is 16.0. The zero-order valence-electron chi connectivity index (χ0n) is 13.3. The number of aliphatic hydroxyl groups excluding tert-OH is 1. The van der Waals surface area contributed by atoms with E-state index >= 15 is 0 Å². The minimum Gasteiger partial charge on any atom is -0.392 e. The quantitative estimate of drug-likeness (QED) is 0.796. The highest BCUT2D eigenvalue weighted by atomic mass is 16.3. The summed E-state index contributed by atoms with van der Waals surface area (Å²) in [6.07, 6.45) is 0.0729. The van der Waals surface area contributed by atoms with Crippen LogP contribution in [0, 0.1) is 0 Å². The van der Waals surface area contributed by atoms with E-state index in [-0.39, 0.29) is 23.4 Å². The molecule has 0 bridgehead atoms. The van der Waals surface area contributed by atoms with Crippen molar-refractivity contribution in [3.05, 3.63) is 35.4 Å². The summed E-state index contributed by atoms with van der Waals surface area (Å²) in [6.45, 7) is 9.03. The normalized spacial score (nSPS) is 23.9. The number of aliphatic hydroxyl groups is 1. The molecule has 4 heteroatoms. The molecule has 1 heterocycles. The molecule has 0 aliphatic carbocycles. The van der Waals surface area contributed by atoms with Gasteiger partial charge >= 0.3 is 0 Å². The fourth-order valence-corrected chi connectivity index (χ4v) is 2.59. The molecule has 3 N–H and O–H groups in total. The fraction of sp³-hybridized carbons (Fsp3) is 0.588. The summed E-state index contributed by atoms with van der Waals surface area (Å²) in [5.41, 5.74) is 2.51. The van der Waals surface area contributed by atoms with Crippen LogP contribution in [0.1, 0.15) is 51.3 Å². The van der Waals surface area contributed by atoms with Crippen LogP contribution in [0.15, 0.2) is 24.3 Å². The van der Waals surface area contributed by atoms with E-state index < -0.39 is 6.10 Å². The van der Waals surface area contributed by atoms with Gasteiger partial charge in [0.05, 0.1) is 18.2 Å². The molecule has 0 saturated carbocycles. The van der Waals surface area contributed by atoms with Crippen LogP contribution < -0.4 is 10.6 Å². The van der Waals surface area contributed by atoms with E-state index in [0.717, 1.165) is 5.56 Å². The van der Waals surface area contributed by atoms with Gasteiger partial charge in [-0.05, 0) is 29.9 Å². The van der Waals surface area contributed by atoms with Crippen LogP contribution in [0.5, 0.6) is 0 Å². The van der Waals surface area contributed by atoms with E-state index in [1.807, 2.05) is 6.92 Å². The molecule has 1 aromatic carbocycles. The van der Waals surface area contributed by atoms with E-state index in [0.29, 0.717) is 13.0 Å². The molecule has 4 nitrogen and oxygen atoms in total. The standard InChI is InChI=1S/C17H26N2O2/c1-11(19-16(21)15-9-14(20)10-18-15)12-5-7-13(8-6-12)17(2,3)4/h5-8,11,14-15,18,20H,9-10H2,1-4H3,(H,19,21)/t11-,14-,15+/m0/s1. The number of hydrogen-bond donors (Lipinski definition) is 3. The van der Waals surface area contributed by atoms with Gasteiger partial charge in [-0.3, -0.25) is 4.79 Å². The minimum atomic E-state index is -0.415. The molecule has 0 aromatic heterocycles. The topological polar surface area (TPSA) is 61.4 Å². The van der Waals surface area contributed by atoms with Gasteiger partial charge in [0.2, 0.25) is 5.91 Å². The molecular weight excluding hydrogens is 264 g/mol. The van der Waals surface area contributed by atoms with Gasteiger partial charge in [0.15, 0.2) is 0 Å². The van der Waals surface area contributed by atoms with E-state index in [9.17, 15) is 9.90 Å². The molecule has 0 radical (unpaired) electrons. The Labute approximate surface area is 126 Å². The number of rotatable bonds is 3. The van der Waals surface area contributed by atoms with Crippen LogP contribution in [-0.2, 0) is 10.2 Å². The number of amides is 1. The highest BCUT2D eigenvalue weighted by Gasteiger charge is 2.28. The monoisotopic (exact) mass is 290 g/mol. The summed E-state index contributed by atoms with van der Waals surface area (Å²) in [5, 5.41) is 15.5. The zero-order chi connectivity index (χ0) is 15.6. The summed E-state index contributed by atoms with van der Waals surface area (Å²) < 4.78 is 0. The molecular formula is C17H26N2O2. The van der Waals surface area contributed by atoms with Gasteiger partial charge in [0, 0.05) is 6.54 Å². The van der Waals surface area contributed by atoms with Gasteiger partial charge in [0.1, 0.15) is 0 Å². The fourth-order valence-electron chi connectivity index (χ4n) is 2.59. The lowest BCUT2D eigenvalue weighted by atomic mass is 9.86. The second-order valence-electron chi connectivity index (χ2n) is 6.95. The first-order valence-electron chi connectivity index (χ1n) is 7.59. The van der Waals surface area contributed by atoms with Crippen molar-refractivity contribution in [1.82, 2.24) is 10.6 Å². The molecule has 21 heavy (non-hydrogen) atoms. The Morgan fingerprint density at radius 3 is 2.43 bits per heavy atom. The second-order valence-corrected chi connectivity index (χ2v) is 6.95. The second kappa shape index (κ2) is 6.16. The summed E-state index contributed by atoms with van der Waals surface area (Å²) in [6, 6.07) is 8.07. The molecule has 3 atom stereocenters. The molecule has 1 saturated heterocycles. The predicted molar refractivity (Wildman–Crippen MR) is 84.1 cm³/mol. The van der Waals surface area contributed by atoms with E-state index in [1.54, 1.807) is 0 Å². The van der Waals surface area contributed by atoms with E-state index in [2.05, 4.69) is 55.7 Å². The Morgan fingerprint density at radius 2 is 1.95 bits per heavy atom. The Balaban J connectivity index is 1.97. The van der Waals surface area contributed by atoms with Crippen molar-refractivity contribution in [1.29, 1.82) is 0 Å². The highest BCUT2D eigenvalue weighted by Crippen LogP contribution is 2.24. The van der Waals surface area contributed by atoms with Crippen molar-refractivity contribution in [2.45, 2.75) is 57.7 Å². The van der Waals surface area contributed by atoms with Gasteiger partial charge < -0.3 is 15.7 Å². The van der Waals surface area contributed by atoms with Gasteiger partial charge in [-0.15, -0.1) is 0 Å². The van der Waals surface area contributed by atoms with Crippen LogP contribution in [-0.4, -0.2) is 29.7 Å². The number of β-amino-alcohol motifs (C(OH)–C–C–N with tert-alkyl or cyclic N) is 1. The lowest BCUT2D eigenvalue weighted by molar-refractivity contribution is -0.123. The predicted octanol–water partition coefficient (Wildman–Crippen LogP) is 1.88. The zero-order valence-corrected chi connectivity index (χ0v) is 13.3. The summed E-state index contributed by atoms with van der Waals surface area (Å²) in [5.74, 6) is -0.0426. The van der Waals surface area contributed by atoms with Crippen LogP contribution >= 0.6 is 0 Å². The van der Waals surface area contributed by atoms with Crippen LogP contribution in [0.2, 0.25) is 0 Å². The average Bonchev–Trinajstić information content (AvgIpc) is 2.84. The van der Waals surface area contributed by atoms with Crippen molar-refractivity contribution in [3.63, 3.8) is 0 Å². The molecule has 1 aliphatic rings. The summed E-state index contributed by atoms with van der Waals surface area (Å²) in [4.78, 5) is 12.1. The minimum absolute atomic E-state index is 0.0361. The molecule has 1 amide bonds. The van der Waals surface area contributed by atoms with Crippen molar-refractivity contribution < 1.29 is 9.90 Å². The SMILES string of the molecule is C[C@H](NC(=O)[C@H]1C[C@H](O)CN1)c1ccc(C(C)(C)C)cc1. The van der Waals surface area contributed by atoms with E-state index in [1.165, 1.54) is 5.56 Å². The third-order valence-electron chi connectivity index (χ3n) is 4.06. The molecule has 1 aromatic rings. The van der Waals surface area contributed by atoms with Crippen LogP contribution in [0.3, 0.4) is 0 Å². The molecule has 116 valence electrons. The van der Waals surface area contributed by atoms with Crippen LogP contribution in [0.25, 0.3) is 0 Å². The number of hydrogen-bond acceptors (Lipinski definition) is 3. The first-order chi connectivity index (χ1) is 9.77. The smallest absolute Gasteiger partial charge is 0.237 e. The average molecular weight is 290 g/mol. The lowest BCUT2D eigenvalue weighted by Gasteiger charge is -2.21. The van der Waals surface area contributed by atoms with Crippen molar-refractivity contribution in [2.75, 3.05) is 6.54 Å². The largest absolute Gasteiger partial charge is 0.392 e. The van der Waals surface area contributed by atoms with Crippen molar-refractivity contribution in [3.8, 4) is 0 Å². The number of nitrogens with one attached hydrogen (secondary N) is 2. The van der Waals surface area contributed by atoms with Gasteiger partial charge in [-0.25, -0.2) is 0 Å². The maximum atomic E-state index is 12.1. The molecule has 2 rings (SSSR count). The number of benzene rings is 1. The molecule has 0 unspecified atom stereocenters. The number of carbonyl (C=O) groups is 1. The maximum absolute atomic E-state index is 12.1. The highest BCUT2D eigenvalue weighted by molar-refractivity contribution is 5.82. The van der Waals surface area contributed by atoms with Gasteiger partial charge in [-0.1, -0.05) is 45.0 Å². The maximum Gasteiger partial charge on any atom is 0.237 e. The van der Waals surface area contributed by atoms with Gasteiger partial charge in [0.25, 0.3) is 0 Å². The Bertz CT molecular complexity index is 491. The lowest BCUT2D eigenvalue weighted by Crippen LogP contribution is -2.41. The van der Waals surface area contributed by atoms with E-state index in [4.69, 9.17) is 0 Å². The Hall–Kier alpha value is -1.39. The Morgan fingerprint density at radius 1 is 1.33 bits per heavy atom. The van der Waals surface area contributed by atoms with Crippen LogP contribution in [0.4, 0.5) is 0 Å². The van der Waals surface area contributed by atoms with Crippen molar-refractivity contribution in [2.24, 2.45) is 0 Å². The van der Waals surface area contributed by atoms with Crippen molar-refractivity contribution >= 4 is 5.91 Å². The summed E-state index contributed by atoms with van der Waals surface area (Å²) >= 11 is 0. The molecule has 1 aliphatic heterocycles. The molecule has 1 fully saturated rings. The third-order valence-corrected chi connectivity index (χ3v) is 4.06. The third kappa shape index (κ3) is 4.05. The molecule has 0 spiro atoms.